The molecule has 0 radical (unpaired) electrons. The van der Waals surface area contributed by atoms with E-state index in [1.165, 1.54) is 29.3 Å². The quantitative estimate of drug-likeness (QED) is 0.682. The van der Waals surface area contributed by atoms with Gasteiger partial charge in [-0.3, -0.25) is 4.79 Å². The van der Waals surface area contributed by atoms with Crippen LogP contribution in [-0.2, 0) is 30.7 Å². The van der Waals surface area contributed by atoms with Crippen LogP contribution in [0.15, 0.2) is 66.7 Å². The molecule has 0 unspecified atom stereocenters. The SMILES string of the molecule is O=C(Cc1ccc(NCc2c(F)cccc2F)cc1)N1CCc2ccccc2C1. The molecule has 0 fully saturated rings. The number of carbonyl (C=O) groups excluding carboxylic acids is 1. The van der Waals surface area contributed by atoms with Crippen molar-refractivity contribution in [2.75, 3.05) is 11.9 Å². The summed E-state index contributed by atoms with van der Waals surface area (Å²) in [7, 11) is 0. The molecule has 4 rings (SSSR count). The Morgan fingerprint density at radius 3 is 2.31 bits per heavy atom. The third-order valence-corrected chi connectivity index (χ3v) is 5.32. The minimum absolute atomic E-state index is 0.0112. The van der Waals surface area contributed by atoms with Gasteiger partial charge in [-0.1, -0.05) is 42.5 Å². The monoisotopic (exact) mass is 392 g/mol. The molecule has 3 aromatic carbocycles. The van der Waals surface area contributed by atoms with Gasteiger partial charge in [-0.05, 0) is 47.4 Å². The van der Waals surface area contributed by atoms with Gasteiger partial charge in [0.25, 0.3) is 0 Å². The Bertz CT molecular complexity index is 997. The number of hydrogen-bond acceptors (Lipinski definition) is 2. The van der Waals surface area contributed by atoms with E-state index in [1.807, 2.05) is 41.3 Å². The molecule has 1 aliphatic rings. The van der Waals surface area contributed by atoms with Gasteiger partial charge in [0.05, 0.1) is 6.42 Å². The van der Waals surface area contributed by atoms with Crippen LogP contribution in [-0.4, -0.2) is 17.4 Å². The predicted molar refractivity (Wildman–Crippen MR) is 109 cm³/mol. The van der Waals surface area contributed by atoms with Gasteiger partial charge >= 0.3 is 0 Å². The fraction of sp³-hybridized carbons (Fsp3) is 0.208. The van der Waals surface area contributed by atoms with Crippen molar-refractivity contribution in [3.05, 3.63) is 101 Å². The number of carbonyl (C=O) groups is 1. The molecule has 1 heterocycles. The highest BCUT2D eigenvalue weighted by atomic mass is 19.1. The summed E-state index contributed by atoms with van der Waals surface area (Å²) in [5.74, 6) is -1.03. The van der Waals surface area contributed by atoms with E-state index in [4.69, 9.17) is 0 Å². The Morgan fingerprint density at radius 1 is 0.897 bits per heavy atom. The van der Waals surface area contributed by atoms with Crippen molar-refractivity contribution in [3.8, 4) is 0 Å². The zero-order valence-electron chi connectivity index (χ0n) is 16.0. The predicted octanol–water partition coefficient (Wildman–Crippen LogP) is 4.70. The fourth-order valence-electron chi connectivity index (χ4n) is 3.63. The second-order valence-electron chi connectivity index (χ2n) is 7.26. The van der Waals surface area contributed by atoms with Gasteiger partial charge in [0.15, 0.2) is 0 Å². The lowest BCUT2D eigenvalue weighted by Gasteiger charge is -2.29. The molecule has 3 nitrogen and oxygen atoms in total. The van der Waals surface area contributed by atoms with E-state index in [0.717, 1.165) is 24.2 Å². The van der Waals surface area contributed by atoms with E-state index in [2.05, 4.69) is 17.4 Å². The van der Waals surface area contributed by atoms with Crippen LogP contribution in [0.1, 0.15) is 22.3 Å². The molecule has 29 heavy (non-hydrogen) atoms. The molecule has 1 amide bonds. The first-order valence-corrected chi connectivity index (χ1v) is 9.70. The van der Waals surface area contributed by atoms with E-state index in [0.29, 0.717) is 13.0 Å². The summed E-state index contributed by atoms with van der Waals surface area (Å²) in [5, 5.41) is 3.02. The lowest BCUT2D eigenvalue weighted by molar-refractivity contribution is -0.131. The van der Waals surface area contributed by atoms with Gasteiger partial charge in [0, 0.05) is 30.9 Å². The van der Waals surface area contributed by atoms with Crippen LogP contribution in [0.25, 0.3) is 0 Å². The van der Waals surface area contributed by atoms with Crippen molar-refractivity contribution >= 4 is 11.6 Å². The number of benzene rings is 3. The van der Waals surface area contributed by atoms with Crippen molar-refractivity contribution in [2.24, 2.45) is 0 Å². The summed E-state index contributed by atoms with van der Waals surface area (Å²) in [6.07, 6.45) is 1.22. The van der Waals surface area contributed by atoms with Crippen LogP contribution in [0.3, 0.4) is 0 Å². The summed E-state index contributed by atoms with van der Waals surface area (Å²) in [4.78, 5) is 14.6. The van der Waals surface area contributed by atoms with Crippen LogP contribution in [0.5, 0.6) is 0 Å². The van der Waals surface area contributed by atoms with Crippen LogP contribution in [0.4, 0.5) is 14.5 Å². The molecule has 148 valence electrons. The second-order valence-corrected chi connectivity index (χ2v) is 7.26. The van der Waals surface area contributed by atoms with Gasteiger partial charge < -0.3 is 10.2 Å². The van der Waals surface area contributed by atoms with Crippen LogP contribution in [0, 0.1) is 11.6 Å². The highest BCUT2D eigenvalue weighted by molar-refractivity contribution is 5.79. The van der Waals surface area contributed by atoms with Crippen molar-refractivity contribution < 1.29 is 13.6 Å². The molecule has 1 N–H and O–H groups in total. The Hall–Kier alpha value is -3.21. The largest absolute Gasteiger partial charge is 0.381 e. The highest BCUT2D eigenvalue weighted by Crippen LogP contribution is 2.20. The molecular weight excluding hydrogens is 370 g/mol. The first-order valence-electron chi connectivity index (χ1n) is 9.70. The van der Waals surface area contributed by atoms with E-state index >= 15 is 0 Å². The lowest BCUT2D eigenvalue weighted by Crippen LogP contribution is -2.36. The number of nitrogens with zero attached hydrogens (tertiary/aromatic N) is 1. The molecule has 0 saturated heterocycles. The maximum atomic E-state index is 13.7. The number of hydrogen-bond donors (Lipinski definition) is 1. The standard InChI is InChI=1S/C24H22F2N2O/c25-22-6-3-7-23(26)21(22)15-27-20-10-8-17(9-11-20)14-24(29)28-13-12-18-4-1-2-5-19(18)16-28/h1-11,27H,12-16H2. The van der Waals surface area contributed by atoms with Crippen molar-refractivity contribution in [2.45, 2.75) is 25.9 Å². The van der Waals surface area contributed by atoms with Gasteiger partial charge in [-0.25, -0.2) is 8.78 Å². The van der Waals surface area contributed by atoms with Gasteiger partial charge in [0.2, 0.25) is 5.91 Å². The van der Waals surface area contributed by atoms with Crippen molar-refractivity contribution in [1.29, 1.82) is 0 Å². The van der Waals surface area contributed by atoms with Crippen molar-refractivity contribution in [1.82, 2.24) is 4.90 Å². The summed E-state index contributed by atoms with van der Waals surface area (Å²) < 4.78 is 27.4. The normalized spacial score (nSPS) is 13.1. The molecule has 1 aliphatic heterocycles. The zero-order chi connectivity index (χ0) is 20.2. The van der Waals surface area contributed by atoms with Crippen LogP contribution >= 0.6 is 0 Å². The summed E-state index contributed by atoms with van der Waals surface area (Å²) in [5.41, 5.74) is 4.20. The average Bonchev–Trinajstić information content (AvgIpc) is 2.74. The molecule has 5 heteroatoms. The number of amides is 1. The second kappa shape index (κ2) is 8.43. The molecule has 0 atom stereocenters. The maximum absolute atomic E-state index is 13.7. The van der Waals surface area contributed by atoms with Crippen LogP contribution in [0.2, 0.25) is 0 Å². The zero-order valence-corrected chi connectivity index (χ0v) is 16.0. The smallest absolute Gasteiger partial charge is 0.227 e. The summed E-state index contributed by atoms with van der Waals surface area (Å²) >= 11 is 0. The van der Waals surface area contributed by atoms with Gasteiger partial charge in [0.1, 0.15) is 11.6 Å². The third-order valence-electron chi connectivity index (χ3n) is 5.32. The Kier molecular flexibility index (Phi) is 5.56. The minimum atomic E-state index is -0.567. The molecule has 0 aliphatic carbocycles. The van der Waals surface area contributed by atoms with Crippen LogP contribution < -0.4 is 5.32 Å². The van der Waals surface area contributed by atoms with E-state index < -0.39 is 11.6 Å². The van der Waals surface area contributed by atoms with Gasteiger partial charge in [-0.15, -0.1) is 0 Å². The average molecular weight is 392 g/mol. The van der Waals surface area contributed by atoms with Crippen molar-refractivity contribution in [3.63, 3.8) is 0 Å². The molecule has 0 saturated carbocycles. The first kappa shape index (κ1) is 19.1. The third kappa shape index (κ3) is 4.45. The topological polar surface area (TPSA) is 32.3 Å². The molecule has 3 aromatic rings. The van der Waals surface area contributed by atoms with E-state index in [-0.39, 0.29) is 18.0 Å². The number of halogens is 2. The molecule has 0 spiro atoms. The number of fused-ring (bicyclic) bond motifs is 1. The fourth-order valence-corrected chi connectivity index (χ4v) is 3.63. The molecule has 0 aromatic heterocycles. The van der Waals surface area contributed by atoms with E-state index in [9.17, 15) is 13.6 Å². The Morgan fingerprint density at radius 2 is 1.59 bits per heavy atom. The lowest BCUT2D eigenvalue weighted by atomic mass is 9.99. The number of anilines is 1. The minimum Gasteiger partial charge on any atom is -0.381 e. The summed E-state index contributed by atoms with van der Waals surface area (Å²) in [6.45, 7) is 1.45. The first-order chi connectivity index (χ1) is 14.1. The van der Waals surface area contributed by atoms with E-state index in [1.54, 1.807) is 0 Å². The molecule has 0 bridgehead atoms. The Labute approximate surface area is 169 Å². The molecular formula is C24H22F2N2O. The van der Waals surface area contributed by atoms with Gasteiger partial charge in [-0.2, -0.15) is 0 Å². The number of rotatable bonds is 5. The number of nitrogens with one attached hydrogen (secondary N) is 1. The Balaban J connectivity index is 1.34. The maximum Gasteiger partial charge on any atom is 0.227 e. The highest BCUT2D eigenvalue weighted by Gasteiger charge is 2.20. The summed E-state index contributed by atoms with van der Waals surface area (Å²) in [6, 6.07) is 19.5.